The smallest absolute Gasteiger partial charge is 0.300 e. The van der Waals surface area contributed by atoms with Crippen molar-refractivity contribution in [2.24, 2.45) is 0 Å². The number of rotatable bonds is 2. The highest BCUT2D eigenvalue weighted by atomic mass is 16.2. The van der Waals surface area contributed by atoms with Gasteiger partial charge in [0.2, 0.25) is 0 Å². The number of aromatic nitrogens is 2. The van der Waals surface area contributed by atoms with Crippen LogP contribution >= 0.6 is 0 Å². The second-order valence-electron chi connectivity index (χ2n) is 3.73. The molecule has 0 bridgehead atoms. The molecular formula is C13H12N2O3. The first kappa shape index (κ1) is 12.0. The molecule has 2 rings (SSSR count). The fourth-order valence-electron chi connectivity index (χ4n) is 1.65. The Balaban J connectivity index is 2.63. The molecule has 1 aromatic heterocycles. The van der Waals surface area contributed by atoms with Crippen LogP contribution in [0.4, 0.5) is 0 Å². The van der Waals surface area contributed by atoms with Crippen molar-refractivity contribution in [3.63, 3.8) is 0 Å². The van der Waals surface area contributed by atoms with E-state index < -0.39 is 17.2 Å². The van der Waals surface area contributed by atoms with Gasteiger partial charge in [0.15, 0.2) is 0 Å². The SMILES string of the molecule is CCn1ccc(=O)n(C(=O)c2ccccc2)c1=O. The van der Waals surface area contributed by atoms with Crippen molar-refractivity contribution in [1.82, 2.24) is 9.13 Å². The molecule has 5 nitrogen and oxygen atoms in total. The van der Waals surface area contributed by atoms with Gasteiger partial charge in [-0.05, 0) is 19.1 Å². The van der Waals surface area contributed by atoms with E-state index in [1.165, 1.54) is 16.8 Å². The predicted octanol–water partition coefficient (Wildman–Crippen LogP) is 0.718. The molecule has 1 heterocycles. The maximum atomic E-state index is 12.1. The number of hydrogen-bond donors (Lipinski definition) is 0. The van der Waals surface area contributed by atoms with Gasteiger partial charge in [-0.3, -0.25) is 9.59 Å². The average Bonchev–Trinajstić information content (AvgIpc) is 2.40. The molecule has 5 heteroatoms. The van der Waals surface area contributed by atoms with E-state index in [2.05, 4.69) is 0 Å². The number of carbonyl (C=O) groups is 1. The van der Waals surface area contributed by atoms with Crippen molar-refractivity contribution < 1.29 is 4.79 Å². The normalized spacial score (nSPS) is 10.3. The standard InChI is InChI=1S/C13H12N2O3/c1-2-14-9-8-11(16)15(13(14)18)12(17)10-6-4-3-5-7-10/h3-9H,2H2,1H3. The van der Waals surface area contributed by atoms with Crippen LogP contribution in [0, 0.1) is 0 Å². The van der Waals surface area contributed by atoms with Crippen LogP contribution < -0.4 is 11.2 Å². The molecule has 0 unspecified atom stereocenters. The summed E-state index contributed by atoms with van der Waals surface area (Å²) in [7, 11) is 0. The fourth-order valence-corrected chi connectivity index (χ4v) is 1.65. The highest BCUT2D eigenvalue weighted by Crippen LogP contribution is 1.99. The second-order valence-corrected chi connectivity index (χ2v) is 3.73. The van der Waals surface area contributed by atoms with Crippen LogP contribution in [-0.2, 0) is 6.54 Å². The topological polar surface area (TPSA) is 61.1 Å². The second kappa shape index (κ2) is 4.83. The van der Waals surface area contributed by atoms with Crippen molar-refractivity contribution in [2.75, 3.05) is 0 Å². The van der Waals surface area contributed by atoms with Gasteiger partial charge < -0.3 is 4.57 Å². The van der Waals surface area contributed by atoms with Crippen molar-refractivity contribution in [3.05, 3.63) is 69.0 Å². The van der Waals surface area contributed by atoms with Crippen molar-refractivity contribution in [1.29, 1.82) is 0 Å². The molecule has 0 fully saturated rings. The third-order valence-electron chi connectivity index (χ3n) is 2.62. The third kappa shape index (κ3) is 2.02. The van der Waals surface area contributed by atoms with Crippen molar-refractivity contribution in [3.8, 4) is 0 Å². The monoisotopic (exact) mass is 244 g/mol. The number of benzene rings is 1. The summed E-state index contributed by atoms with van der Waals surface area (Å²) < 4.78 is 1.96. The van der Waals surface area contributed by atoms with Gasteiger partial charge in [-0.25, -0.2) is 4.79 Å². The largest absolute Gasteiger partial charge is 0.338 e. The van der Waals surface area contributed by atoms with Gasteiger partial charge in [0.05, 0.1) is 0 Å². The van der Waals surface area contributed by atoms with Gasteiger partial charge in [-0.1, -0.05) is 18.2 Å². The van der Waals surface area contributed by atoms with E-state index in [-0.39, 0.29) is 0 Å². The van der Waals surface area contributed by atoms with Gasteiger partial charge in [0.25, 0.3) is 11.5 Å². The molecule has 0 saturated heterocycles. The van der Waals surface area contributed by atoms with E-state index in [0.29, 0.717) is 16.7 Å². The Kier molecular flexibility index (Phi) is 3.23. The molecule has 1 aromatic carbocycles. The van der Waals surface area contributed by atoms with Crippen LogP contribution in [0.3, 0.4) is 0 Å². The number of carbonyl (C=O) groups excluding carboxylic acids is 1. The van der Waals surface area contributed by atoms with Crippen LogP contribution in [0.25, 0.3) is 0 Å². The summed E-state index contributed by atoms with van der Waals surface area (Å²) in [6.45, 7) is 2.17. The van der Waals surface area contributed by atoms with E-state index in [1.807, 2.05) is 0 Å². The van der Waals surface area contributed by atoms with Crippen molar-refractivity contribution in [2.45, 2.75) is 13.5 Å². The highest BCUT2D eigenvalue weighted by molar-refractivity contribution is 5.95. The summed E-state index contributed by atoms with van der Waals surface area (Å²) in [5.74, 6) is -0.603. The zero-order valence-electron chi connectivity index (χ0n) is 9.87. The summed E-state index contributed by atoms with van der Waals surface area (Å²) in [6, 6.07) is 9.47. The average molecular weight is 244 g/mol. The van der Waals surface area contributed by atoms with E-state index in [9.17, 15) is 14.4 Å². The van der Waals surface area contributed by atoms with Crippen LogP contribution in [0.1, 0.15) is 17.3 Å². The minimum absolute atomic E-state index is 0.311. The zero-order valence-corrected chi connectivity index (χ0v) is 9.87. The van der Waals surface area contributed by atoms with Gasteiger partial charge in [0, 0.05) is 24.4 Å². The fraction of sp³-hybridized carbons (Fsp3) is 0.154. The lowest BCUT2D eigenvalue weighted by Gasteiger charge is -2.06. The van der Waals surface area contributed by atoms with Crippen LogP contribution in [0.5, 0.6) is 0 Å². The molecule has 0 saturated carbocycles. The van der Waals surface area contributed by atoms with Crippen LogP contribution in [0.15, 0.2) is 52.2 Å². The molecule has 0 spiro atoms. The Hall–Kier alpha value is -2.43. The molecule has 0 aliphatic heterocycles. The number of hydrogen-bond acceptors (Lipinski definition) is 3. The van der Waals surface area contributed by atoms with E-state index >= 15 is 0 Å². The van der Waals surface area contributed by atoms with Crippen LogP contribution in [-0.4, -0.2) is 15.0 Å². The lowest BCUT2D eigenvalue weighted by atomic mass is 10.2. The first-order chi connectivity index (χ1) is 8.65. The molecule has 0 N–H and O–H groups in total. The van der Waals surface area contributed by atoms with E-state index in [4.69, 9.17) is 0 Å². The molecule has 2 aromatic rings. The lowest BCUT2D eigenvalue weighted by Crippen LogP contribution is -2.42. The minimum atomic E-state index is -0.612. The van der Waals surface area contributed by atoms with Crippen LogP contribution in [0.2, 0.25) is 0 Å². The quantitative estimate of drug-likeness (QED) is 0.782. The minimum Gasteiger partial charge on any atom is -0.300 e. The summed E-state index contributed by atoms with van der Waals surface area (Å²) >= 11 is 0. The Bertz CT molecular complexity index is 683. The molecule has 0 radical (unpaired) electrons. The summed E-state index contributed by atoms with van der Waals surface area (Å²) in [6.07, 6.45) is 1.39. The molecule has 92 valence electrons. The first-order valence-electron chi connectivity index (χ1n) is 5.57. The van der Waals surface area contributed by atoms with Gasteiger partial charge in [-0.2, -0.15) is 4.57 Å². The first-order valence-corrected chi connectivity index (χ1v) is 5.57. The Labute approximate surface area is 103 Å². The van der Waals surface area contributed by atoms with E-state index in [1.54, 1.807) is 37.3 Å². The molecular weight excluding hydrogens is 232 g/mol. The molecule has 0 atom stereocenters. The maximum absolute atomic E-state index is 12.1. The van der Waals surface area contributed by atoms with Crippen molar-refractivity contribution >= 4 is 5.91 Å². The summed E-state index contributed by atoms with van der Waals surface area (Å²) in [4.78, 5) is 35.7. The van der Waals surface area contributed by atoms with E-state index in [0.717, 1.165) is 0 Å². The van der Waals surface area contributed by atoms with Gasteiger partial charge in [0.1, 0.15) is 0 Å². The highest BCUT2D eigenvalue weighted by Gasteiger charge is 2.14. The predicted molar refractivity (Wildman–Crippen MR) is 66.8 cm³/mol. The zero-order chi connectivity index (χ0) is 13.1. The lowest BCUT2D eigenvalue weighted by molar-refractivity contribution is 0.0948. The maximum Gasteiger partial charge on any atom is 0.338 e. The number of nitrogens with zero attached hydrogens (tertiary/aromatic N) is 2. The Morgan fingerprint density at radius 1 is 1.11 bits per heavy atom. The summed E-state index contributed by atoms with van der Waals surface area (Å²) in [5, 5.41) is 0. The third-order valence-corrected chi connectivity index (χ3v) is 2.62. The molecule has 0 amide bonds. The molecule has 0 aliphatic carbocycles. The molecule has 0 aliphatic rings. The van der Waals surface area contributed by atoms with Gasteiger partial charge in [-0.15, -0.1) is 0 Å². The van der Waals surface area contributed by atoms with Gasteiger partial charge >= 0.3 is 5.69 Å². The Morgan fingerprint density at radius 3 is 2.39 bits per heavy atom. The summed E-state index contributed by atoms with van der Waals surface area (Å²) in [5.41, 5.74) is -0.914. The number of aryl methyl sites for hydroxylation is 1. The molecule has 18 heavy (non-hydrogen) atoms. The Morgan fingerprint density at radius 2 is 1.78 bits per heavy atom.